The number of morpholine rings is 1. The first-order valence-corrected chi connectivity index (χ1v) is 11.3. The van der Waals surface area contributed by atoms with Crippen molar-refractivity contribution in [3.05, 3.63) is 101 Å². The Morgan fingerprint density at radius 2 is 1.32 bits per heavy atom. The zero-order chi connectivity index (χ0) is 21.0. The molecule has 5 rings (SSSR count). The molecular formula is C27H23NO2S. The Morgan fingerprint density at radius 1 is 0.742 bits per heavy atom. The summed E-state index contributed by atoms with van der Waals surface area (Å²) in [5, 5.41) is 1.15. The molecule has 4 heteroatoms. The lowest BCUT2D eigenvalue weighted by Gasteiger charge is -2.28. The van der Waals surface area contributed by atoms with E-state index in [1.54, 1.807) is 11.3 Å². The van der Waals surface area contributed by atoms with Crippen molar-refractivity contribution in [2.24, 2.45) is 0 Å². The van der Waals surface area contributed by atoms with Gasteiger partial charge in [-0.15, -0.1) is 11.3 Å². The number of benzene rings is 3. The van der Waals surface area contributed by atoms with Crippen LogP contribution in [0.3, 0.4) is 0 Å². The largest absolute Gasteiger partial charge is 0.378 e. The molecule has 154 valence electrons. The number of carbonyl (C=O) groups is 1. The van der Waals surface area contributed by atoms with Gasteiger partial charge < -0.3 is 9.64 Å². The van der Waals surface area contributed by atoms with Gasteiger partial charge in [0.05, 0.1) is 23.1 Å². The highest BCUT2D eigenvalue weighted by atomic mass is 32.1. The van der Waals surface area contributed by atoms with Crippen molar-refractivity contribution in [2.75, 3.05) is 31.2 Å². The van der Waals surface area contributed by atoms with Crippen LogP contribution in [0.5, 0.6) is 0 Å². The third-order valence-corrected chi connectivity index (χ3v) is 6.77. The number of nitrogens with zero attached hydrogens (tertiary/aromatic N) is 1. The summed E-state index contributed by atoms with van der Waals surface area (Å²) in [4.78, 5) is 16.5. The lowest BCUT2D eigenvalue weighted by Crippen LogP contribution is -2.35. The van der Waals surface area contributed by atoms with Crippen molar-refractivity contribution in [3.8, 4) is 22.3 Å². The van der Waals surface area contributed by atoms with Gasteiger partial charge in [0, 0.05) is 24.2 Å². The fourth-order valence-corrected chi connectivity index (χ4v) is 5.10. The zero-order valence-corrected chi connectivity index (χ0v) is 18.0. The lowest BCUT2D eigenvalue weighted by molar-refractivity contribution is 0.104. The number of ether oxygens (including phenoxy) is 1. The fraction of sp³-hybridized carbons (Fsp3) is 0.148. The Hall–Kier alpha value is -3.21. The molecule has 1 fully saturated rings. The van der Waals surface area contributed by atoms with E-state index in [2.05, 4.69) is 35.2 Å². The molecule has 0 unspecified atom stereocenters. The van der Waals surface area contributed by atoms with Gasteiger partial charge in [0.1, 0.15) is 0 Å². The minimum Gasteiger partial charge on any atom is -0.378 e. The Kier molecular flexibility index (Phi) is 5.65. The molecule has 1 aliphatic heterocycles. The Morgan fingerprint density at radius 3 is 1.97 bits per heavy atom. The molecule has 0 bridgehead atoms. The van der Waals surface area contributed by atoms with Crippen molar-refractivity contribution in [1.29, 1.82) is 0 Å². The predicted molar refractivity (Wildman–Crippen MR) is 128 cm³/mol. The molecular weight excluding hydrogens is 402 g/mol. The molecule has 3 nitrogen and oxygen atoms in total. The van der Waals surface area contributed by atoms with Crippen LogP contribution in [-0.2, 0) is 4.74 Å². The van der Waals surface area contributed by atoms with Crippen molar-refractivity contribution >= 4 is 22.1 Å². The number of hydrogen-bond acceptors (Lipinski definition) is 4. The van der Waals surface area contributed by atoms with E-state index in [1.807, 2.05) is 60.7 Å². The molecule has 0 N–H and O–H groups in total. The van der Waals surface area contributed by atoms with E-state index in [0.29, 0.717) is 5.56 Å². The lowest BCUT2D eigenvalue weighted by atomic mass is 10.0. The highest BCUT2D eigenvalue weighted by molar-refractivity contribution is 7.18. The van der Waals surface area contributed by atoms with Gasteiger partial charge in [-0.2, -0.15) is 0 Å². The summed E-state index contributed by atoms with van der Waals surface area (Å²) in [5.74, 6) is 0.0707. The van der Waals surface area contributed by atoms with Crippen LogP contribution < -0.4 is 4.90 Å². The molecule has 0 atom stereocenters. The fourth-order valence-electron chi connectivity index (χ4n) is 3.91. The molecule has 31 heavy (non-hydrogen) atoms. The van der Waals surface area contributed by atoms with Crippen molar-refractivity contribution in [2.45, 2.75) is 0 Å². The summed E-state index contributed by atoms with van der Waals surface area (Å²) < 4.78 is 5.53. The number of carbonyl (C=O) groups excluding carboxylic acids is 1. The van der Waals surface area contributed by atoms with E-state index in [4.69, 9.17) is 4.74 Å². The van der Waals surface area contributed by atoms with Gasteiger partial charge in [0.15, 0.2) is 0 Å². The summed E-state index contributed by atoms with van der Waals surface area (Å²) in [5.41, 5.74) is 5.24. The maximum absolute atomic E-state index is 13.3. The number of anilines is 1. The molecule has 3 aromatic carbocycles. The molecule has 0 radical (unpaired) electrons. The first-order chi connectivity index (χ1) is 15.3. The number of ketones is 1. The van der Waals surface area contributed by atoms with Crippen LogP contribution in [0.15, 0.2) is 91.0 Å². The minimum absolute atomic E-state index is 0.0707. The Labute approximate surface area is 186 Å². The van der Waals surface area contributed by atoms with Gasteiger partial charge >= 0.3 is 0 Å². The topological polar surface area (TPSA) is 29.5 Å². The quantitative estimate of drug-likeness (QED) is 0.359. The van der Waals surface area contributed by atoms with Gasteiger partial charge in [-0.25, -0.2) is 0 Å². The number of hydrogen-bond donors (Lipinski definition) is 0. The van der Waals surface area contributed by atoms with E-state index in [1.165, 1.54) is 0 Å². The second-order valence-electron chi connectivity index (χ2n) is 7.57. The van der Waals surface area contributed by atoms with E-state index in [-0.39, 0.29) is 5.78 Å². The predicted octanol–water partition coefficient (Wildman–Crippen LogP) is 6.15. The summed E-state index contributed by atoms with van der Waals surface area (Å²) in [6.45, 7) is 3.13. The van der Waals surface area contributed by atoms with Crippen LogP contribution in [0.25, 0.3) is 22.3 Å². The maximum atomic E-state index is 13.3. The summed E-state index contributed by atoms with van der Waals surface area (Å²) in [6, 6.07) is 30.5. The van der Waals surface area contributed by atoms with E-state index >= 15 is 0 Å². The third kappa shape index (κ3) is 4.18. The Bertz CT molecular complexity index is 1160. The van der Waals surface area contributed by atoms with Crippen LogP contribution in [0, 0.1) is 0 Å². The van der Waals surface area contributed by atoms with Gasteiger partial charge in [-0.1, -0.05) is 84.9 Å². The van der Waals surface area contributed by atoms with E-state index in [0.717, 1.165) is 58.4 Å². The molecule has 0 spiro atoms. The zero-order valence-electron chi connectivity index (χ0n) is 17.2. The van der Waals surface area contributed by atoms with Crippen LogP contribution in [0.2, 0.25) is 0 Å². The van der Waals surface area contributed by atoms with Crippen LogP contribution >= 0.6 is 11.3 Å². The first kappa shape index (κ1) is 19.7. The SMILES string of the molecule is O=C(c1ccc(-c2ccccc2)cc1)c1cc(-c2ccccc2)c(N2CCOCC2)s1. The second kappa shape index (κ2) is 8.88. The van der Waals surface area contributed by atoms with Crippen molar-refractivity contribution < 1.29 is 9.53 Å². The molecule has 1 aliphatic rings. The van der Waals surface area contributed by atoms with Gasteiger partial charge in [0.2, 0.25) is 5.78 Å². The van der Waals surface area contributed by atoms with Gasteiger partial charge in [-0.05, 0) is 22.8 Å². The molecule has 1 aromatic heterocycles. The average Bonchev–Trinajstić information content (AvgIpc) is 3.31. The third-order valence-electron chi connectivity index (χ3n) is 5.57. The highest BCUT2D eigenvalue weighted by Gasteiger charge is 2.22. The molecule has 2 heterocycles. The molecule has 4 aromatic rings. The summed E-state index contributed by atoms with van der Waals surface area (Å²) >= 11 is 1.59. The maximum Gasteiger partial charge on any atom is 0.203 e. The first-order valence-electron chi connectivity index (χ1n) is 10.5. The van der Waals surface area contributed by atoms with Crippen molar-refractivity contribution in [1.82, 2.24) is 0 Å². The standard InChI is InChI=1S/C27H23NO2S/c29-26(23-13-11-21(12-14-23)20-7-3-1-4-8-20)25-19-24(22-9-5-2-6-10-22)27(31-25)28-15-17-30-18-16-28/h1-14,19H,15-18H2. The van der Waals surface area contributed by atoms with Crippen LogP contribution in [0.1, 0.15) is 15.2 Å². The molecule has 0 amide bonds. The smallest absolute Gasteiger partial charge is 0.203 e. The minimum atomic E-state index is 0.0707. The molecule has 0 saturated carbocycles. The van der Waals surface area contributed by atoms with Gasteiger partial charge in [0.25, 0.3) is 0 Å². The second-order valence-corrected chi connectivity index (χ2v) is 8.60. The average molecular weight is 426 g/mol. The van der Waals surface area contributed by atoms with E-state index in [9.17, 15) is 4.79 Å². The van der Waals surface area contributed by atoms with Gasteiger partial charge in [-0.3, -0.25) is 4.79 Å². The Balaban J connectivity index is 1.48. The van der Waals surface area contributed by atoms with Crippen molar-refractivity contribution in [3.63, 3.8) is 0 Å². The van der Waals surface area contributed by atoms with E-state index < -0.39 is 0 Å². The highest BCUT2D eigenvalue weighted by Crippen LogP contribution is 2.40. The summed E-state index contributed by atoms with van der Waals surface area (Å²) in [7, 11) is 0. The van der Waals surface area contributed by atoms with Crippen LogP contribution in [-0.4, -0.2) is 32.1 Å². The van der Waals surface area contributed by atoms with Crippen LogP contribution in [0.4, 0.5) is 5.00 Å². The molecule has 1 saturated heterocycles. The number of rotatable bonds is 5. The number of thiophene rings is 1. The monoisotopic (exact) mass is 425 g/mol. The normalized spacial score (nSPS) is 13.9. The summed E-state index contributed by atoms with van der Waals surface area (Å²) in [6.07, 6.45) is 0. The molecule has 0 aliphatic carbocycles.